The smallest absolute Gasteiger partial charge is 0.291 e. The highest BCUT2D eigenvalue weighted by Gasteiger charge is 2.52. The van der Waals surface area contributed by atoms with E-state index in [9.17, 15) is 4.79 Å². The number of amides is 1. The molecular weight excluding hydrogens is 356 g/mol. The van der Waals surface area contributed by atoms with Crippen LogP contribution in [0.1, 0.15) is 55.3 Å². The topological polar surface area (TPSA) is 64.8 Å². The Morgan fingerprint density at radius 3 is 2.75 bits per heavy atom. The number of aromatic nitrogens is 1. The minimum absolute atomic E-state index is 0.0720. The van der Waals surface area contributed by atoms with Gasteiger partial charge in [-0.2, -0.15) is 0 Å². The Hall–Kier alpha value is -2.34. The largest absolute Gasteiger partial charge is 0.487 e. The first-order valence-electron chi connectivity index (χ1n) is 10.0. The van der Waals surface area contributed by atoms with Crippen molar-refractivity contribution < 1.29 is 18.7 Å². The molecule has 0 aliphatic carbocycles. The van der Waals surface area contributed by atoms with Gasteiger partial charge in [-0.1, -0.05) is 18.2 Å². The lowest BCUT2D eigenvalue weighted by molar-refractivity contribution is -0.173. The lowest BCUT2D eigenvalue weighted by atomic mass is 9.64. The van der Waals surface area contributed by atoms with Crippen LogP contribution in [-0.4, -0.2) is 41.1 Å². The molecule has 2 aromatic rings. The summed E-state index contributed by atoms with van der Waals surface area (Å²) in [6, 6.07) is 8.23. The number of para-hydroxylation sites is 1. The molecule has 6 nitrogen and oxygen atoms in total. The number of hydrogen-bond donors (Lipinski definition) is 0. The fraction of sp³-hybridized carbons (Fsp3) is 0.545. The third-order valence-electron chi connectivity index (χ3n) is 6.83. The van der Waals surface area contributed by atoms with Gasteiger partial charge in [-0.05, 0) is 44.6 Å². The summed E-state index contributed by atoms with van der Waals surface area (Å²) in [5.74, 6) is 1.48. The second kappa shape index (κ2) is 6.34. The van der Waals surface area contributed by atoms with E-state index in [2.05, 4.69) is 31.0 Å². The van der Waals surface area contributed by atoms with Crippen LogP contribution in [0.15, 0.2) is 41.3 Å². The zero-order chi connectivity index (χ0) is 19.4. The van der Waals surface area contributed by atoms with Crippen molar-refractivity contribution >= 4 is 5.91 Å². The second-order valence-corrected chi connectivity index (χ2v) is 8.94. The molecule has 0 bridgehead atoms. The summed E-state index contributed by atoms with van der Waals surface area (Å²) in [5, 5.41) is 0. The summed E-state index contributed by atoms with van der Waals surface area (Å²) in [7, 11) is 0. The minimum atomic E-state index is -0.279. The Balaban J connectivity index is 1.33. The van der Waals surface area contributed by atoms with E-state index in [4.69, 9.17) is 13.9 Å². The average molecular weight is 382 g/mol. The lowest BCUT2D eigenvalue weighted by Gasteiger charge is -2.54. The third kappa shape index (κ3) is 2.82. The minimum Gasteiger partial charge on any atom is -0.487 e. The Morgan fingerprint density at radius 2 is 2.00 bits per heavy atom. The highest BCUT2D eigenvalue weighted by molar-refractivity contribution is 5.91. The average Bonchev–Trinajstić information content (AvgIpc) is 3.23. The van der Waals surface area contributed by atoms with Crippen LogP contribution in [0.2, 0.25) is 0 Å². The Morgan fingerprint density at radius 1 is 1.21 bits per heavy atom. The van der Waals surface area contributed by atoms with Crippen molar-refractivity contribution in [3.05, 3.63) is 48.2 Å². The van der Waals surface area contributed by atoms with Gasteiger partial charge < -0.3 is 18.8 Å². The van der Waals surface area contributed by atoms with Gasteiger partial charge >= 0.3 is 0 Å². The number of hydrogen-bond acceptors (Lipinski definition) is 5. The predicted molar refractivity (Wildman–Crippen MR) is 102 cm³/mol. The molecule has 0 unspecified atom stereocenters. The highest BCUT2D eigenvalue weighted by Crippen LogP contribution is 2.55. The van der Waals surface area contributed by atoms with Crippen molar-refractivity contribution in [2.75, 3.05) is 19.7 Å². The monoisotopic (exact) mass is 382 g/mol. The van der Waals surface area contributed by atoms with Crippen molar-refractivity contribution in [3.8, 4) is 5.75 Å². The number of likely N-dealkylation sites (tertiary alicyclic amines) is 1. The van der Waals surface area contributed by atoms with Gasteiger partial charge in [0.15, 0.2) is 6.39 Å². The first kappa shape index (κ1) is 17.7. The van der Waals surface area contributed by atoms with Crippen LogP contribution in [-0.2, 0) is 4.74 Å². The SMILES string of the molecule is CC1(C)Oc2ccccc2[C@H]2OCC3(CCN(C(=O)c4cnco4)CC3)C[C@@H]21. The molecule has 4 heterocycles. The van der Waals surface area contributed by atoms with Crippen LogP contribution in [0.25, 0.3) is 0 Å². The van der Waals surface area contributed by atoms with Gasteiger partial charge in [0, 0.05) is 24.6 Å². The van der Waals surface area contributed by atoms with Crippen LogP contribution in [0.4, 0.5) is 0 Å². The molecule has 3 aliphatic rings. The molecule has 1 aromatic heterocycles. The molecule has 2 saturated heterocycles. The van der Waals surface area contributed by atoms with E-state index < -0.39 is 0 Å². The first-order chi connectivity index (χ1) is 13.5. The van der Waals surface area contributed by atoms with E-state index in [0.29, 0.717) is 11.7 Å². The normalized spacial score (nSPS) is 27.6. The maximum absolute atomic E-state index is 12.5. The van der Waals surface area contributed by atoms with E-state index in [1.165, 1.54) is 18.2 Å². The fourth-order valence-electron chi connectivity index (χ4n) is 5.11. The Kier molecular flexibility index (Phi) is 4.02. The van der Waals surface area contributed by atoms with Crippen LogP contribution in [0, 0.1) is 11.3 Å². The third-order valence-corrected chi connectivity index (χ3v) is 6.83. The van der Waals surface area contributed by atoms with E-state index in [1.807, 2.05) is 17.0 Å². The molecule has 0 N–H and O–H groups in total. The summed E-state index contributed by atoms with van der Waals surface area (Å²) < 4.78 is 18.0. The molecule has 1 amide bonds. The van der Waals surface area contributed by atoms with E-state index in [0.717, 1.165) is 44.7 Å². The maximum atomic E-state index is 12.5. The maximum Gasteiger partial charge on any atom is 0.291 e. The molecule has 3 aliphatic heterocycles. The highest BCUT2D eigenvalue weighted by atomic mass is 16.5. The van der Waals surface area contributed by atoms with Crippen LogP contribution in [0.5, 0.6) is 5.75 Å². The van der Waals surface area contributed by atoms with Crippen LogP contribution >= 0.6 is 0 Å². The molecule has 1 aromatic carbocycles. The summed E-state index contributed by atoms with van der Waals surface area (Å²) in [6.45, 7) is 6.52. The van der Waals surface area contributed by atoms with Gasteiger partial charge in [0.2, 0.25) is 5.76 Å². The molecule has 28 heavy (non-hydrogen) atoms. The van der Waals surface area contributed by atoms with Crippen molar-refractivity contribution in [2.24, 2.45) is 11.3 Å². The van der Waals surface area contributed by atoms with Crippen LogP contribution < -0.4 is 4.74 Å². The molecule has 6 heteroatoms. The zero-order valence-corrected chi connectivity index (χ0v) is 16.4. The van der Waals surface area contributed by atoms with Crippen molar-refractivity contribution in [1.82, 2.24) is 9.88 Å². The number of nitrogens with zero attached hydrogens (tertiary/aromatic N) is 2. The van der Waals surface area contributed by atoms with Gasteiger partial charge in [-0.15, -0.1) is 0 Å². The second-order valence-electron chi connectivity index (χ2n) is 8.94. The first-order valence-corrected chi connectivity index (χ1v) is 10.0. The number of carbonyl (C=O) groups is 1. The number of benzene rings is 1. The summed E-state index contributed by atoms with van der Waals surface area (Å²) in [6.07, 6.45) is 5.81. The molecule has 148 valence electrons. The van der Waals surface area contributed by atoms with E-state index >= 15 is 0 Å². The number of fused-ring (bicyclic) bond motifs is 3. The van der Waals surface area contributed by atoms with Gasteiger partial charge in [0.25, 0.3) is 5.91 Å². The van der Waals surface area contributed by atoms with Gasteiger partial charge in [-0.25, -0.2) is 4.98 Å². The standard InChI is InChI=1S/C22H26N2O4/c1-21(2)16-11-22(13-26-19(16)15-5-3-4-6-17(15)28-21)7-9-24(10-8-22)20(25)18-12-23-14-27-18/h3-6,12,14,16,19H,7-11,13H2,1-2H3/t16-,19+/m0/s1. The van der Waals surface area contributed by atoms with Crippen molar-refractivity contribution in [2.45, 2.75) is 44.8 Å². The zero-order valence-electron chi connectivity index (χ0n) is 16.4. The van der Waals surface area contributed by atoms with E-state index in [-0.39, 0.29) is 23.0 Å². The Labute approximate surface area is 164 Å². The molecule has 0 radical (unpaired) electrons. The molecule has 1 spiro atoms. The number of piperidine rings is 1. The van der Waals surface area contributed by atoms with Crippen molar-refractivity contribution in [3.63, 3.8) is 0 Å². The molecule has 2 fully saturated rings. The fourth-order valence-corrected chi connectivity index (χ4v) is 5.11. The summed E-state index contributed by atoms with van der Waals surface area (Å²) in [4.78, 5) is 18.3. The quantitative estimate of drug-likeness (QED) is 0.750. The summed E-state index contributed by atoms with van der Waals surface area (Å²) >= 11 is 0. The van der Waals surface area contributed by atoms with Gasteiger partial charge in [0.05, 0.1) is 18.9 Å². The van der Waals surface area contributed by atoms with Gasteiger partial charge in [0.1, 0.15) is 11.4 Å². The van der Waals surface area contributed by atoms with Gasteiger partial charge in [-0.3, -0.25) is 4.79 Å². The van der Waals surface area contributed by atoms with E-state index in [1.54, 1.807) is 0 Å². The molecule has 0 saturated carbocycles. The Bertz CT molecular complexity index is 868. The van der Waals surface area contributed by atoms with Crippen molar-refractivity contribution in [1.29, 1.82) is 0 Å². The lowest BCUT2D eigenvalue weighted by Crippen LogP contribution is -2.54. The molecule has 2 atom stereocenters. The number of oxazole rings is 1. The van der Waals surface area contributed by atoms with Crippen LogP contribution in [0.3, 0.4) is 0 Å². The molecular formula is C22H26N2O4. The summed E-state index contributed by atoms with van der Waals surface area (Å²) in [5.41, 5.74) is 0.991. The number of rotatable bonds is 1. The predicted octanol–water partition coefficient (Wildman–Crippen LogP) is 3.85. The molecule has 5 rings (SSSR count). The number of ether oxygens (including phenoxy) is 2. The number of carbonyl (C=O) groups excluding carboxylic acids is 1.